The zero-order valence-corrected chi connectivity index (χ0v) is 19.1. The van der Waals surface area contributed by atoms with Crippen LogP contribution in [0.25, 0.3) is 34.4 Å². The molecule has 2 unspecified atom stereocenters. The van der Waals surface area contributed by atoms with E-state index in [-0.39, 0.29) is 0 Å². The van der Waals surface area contributed by atoms with Crippen molar-refractivity contribution in [3.63, 3.8) is 0 Å². The smallest absolute Gasteiger partial charge is 0.0732 e. The highest BCUT2D eigenvalue weighted by Crippen LogP contribution is 2.46. The van der Waals surface area contributed by atoms with Gasteiger partial charge in [-0.1, -0.05) is 120 Å². The molecule has 0 saturated carbocycles. The number of allylic oxidation sites excluding steroid dienone is 2. The quantitative estimate of drug-likeness (QED) is 0.291. The number of rotatable bonds is 4. The van der Waals surface area contributed by atoms with Crippen molar-refractivity contribution in [1.82, 2.24) is 0 Å². The summed E-state index contributed by atoms with van der Waals surface area (Å²) in [5.74, 6) is 0.673. The predicted molar refractivity (Wildman–Crippen MR) is 142 cm³/mol. The molecule has 2 atom stereocenters. The van der Waals surface area contributed by atoms with E-state index >= 15 is 0 Å². The predicted octanol–water partition coefficient (Wildman–Crippen LogP) is 8.34. The van der Waals surface area contributed by atoms with E-state index in [9.17, 15) is 0 Å². The second-order valence-electron chi connectivity index (χ2n) is 9.27. The summed E-state index contributed by atoms with van der Waals surface area (Å²) >= 11 is 0. The first-order valence-corrected chi connectivity index (χ1v) is 11.8. The third-order valence-electron chi connectivity index (χ3n) is 7.23. The molecule has 4 aromatic carbocycles. The number of hydrogen-bond donors (Lipinski definition) is 0. The second kappa shape index (κ2) is 8.08. The lowest BCUT2D eigenvalue weighted by Gasteiger charge is -2.21. The minimum atomic E-state index is 0.336. The van der Waals surface area contributed by atoms with Crippen LogP contribution in [-0.2, 0) is 0 Å². The first kappa shape index (κ1) is 20.1. The lowest BCUT2D eigenvalue weighted by Crippen LogP contribution is -2.16. The van der Waals surface area contributed by atoms with Crippen molar-refractivity contribution in [2.24, 2.45) is 0 Å². The Morgan fingerprint density at radius 1 is 0.485 bits per heavy atom. The minimum Gasteiger partial charge on any atom is -0.0732 e. The van der Waals surface area contributed by atoms with Crippen LogP contribution in [0.2, 0.25) is 0 Å². The van der Waals surface area contributed by atoms with E-state index < -0.39 is 0 Å². The highest BCUT2D eigenvalue weighted by Gasteiger charge is 2.32. The number of hydrogen-bond acceptors (Lipinski definition) is 0. The van der Waals surface area contributed by atoms with Gasteiger partial charge in [0.25, 0.3) is 0 Å². The summed E-state index contributed by atoms with van der Waals surface area (Å²) in [6.45, 7) is 4.57. The summed E-state index contributed by atoms with van der Waals surface area (Å²) < 4.78 is 0. The Morgan fingerprint density at radius 2 is 0.909 bits per heavy atom. The maximum atomic E-state index is 2.57. The summed E-state index contributed by atoms with van der Waals surface area (Å²) in [6, 6.07) is 35.1. The molecule has 0 amide bonds. The molecular formula is C32H26B. The van der Waals surface area contributed by atoms with Gasteiger partial charge in [0, 0.05) is 0 Å². The third kappa shape index (κ3) is 3.40. The maximum Gasteiger partial charge on any atom is 0.140 e. The average Bonchev–Trinajstić information content (AvgIpc) is 3.36. The molecule has 0 spiro atoms. The van der Waals surface area contributed by atoms with Crippen molar-refractivity contribution in [3.05, 3.63) is 130 Å². The highest BCUT2D eigenvalue weighted by atomic mass is 14.3. The van der Waals surface area contributed by atoms with Gasteiger partial charge in [0.1, 0.15) is 7.28 Å². The Morgan fingerprint density at radius 3 is 1.33 bits per heavy atom. The zero-order valence-electron chi connectivity index (χ0n) is 19.1. The molecule has 1 heteroatoms. The Bertz CT molecular complexity index is 1280. The van der Waals surface area contributed by atoms with Crippen molar-refractivity contribution < 1.29 is 0 Å². The fraction of sp³-hybridized carbons (Fsp3) is 0.125. The van der Waals surface area contributed by atoms with E-state index in [1.807, 2.05) is 0 Å². The summed E-state index contributed by atoms with van der Waals surface area (Å²) in [5, 5.41) is 0. The Balaban J connectivity index is 1.37. The van der Waals surface area contributed by atoms with Gasteiger partial charge in [-0.25, -0.2) is 0 Å². The third-order valence-corrected chi connectivity index (χ3v) is 7.23. The van der Waals surface area contributed by atoms with Crippen LogP contribution in [0.5, 0.6) is 0 Å². The molecule has 2 aliphatic carbocycles. The molecule has 157 valence electrons. The SMILES string of the molecule is CC1=Cc2c(-c3ccccc3)cccc2C1[B]C1C(C)=Cc2c(-c3ccccc3)cccc21. The molecule has 0 saturated heterocycles. The van der Waals surface area contributed by atoms with Gasteiger partial charge in [-0.05, 0) is 70.0 Å². The van der Waals surface area contributed by atoms with Crippen LogP contribution in [0.3, 0.4) is 0 Å². The maximum absolute atomic E-state index is 2.57. The summed E-state index contributed by atoms with van der Waals surface area (Å²) in [4.78, 5) is 0. The molecule has 0 fully saturated rings. The molecule has 4 aromatic rings. The number of benzene rings is 4. The van der Waals surface area contributed by atoms with Gasteiger partial charge in [0.2, 0.25) is 0 Å². The first-order chi connectivity index (χ1) is 16.2. The summed E-state index contributed by atoms with van der Waals surface area (Å²) in [5.41, 5.74) is 13.7. The largest absolute Gasteiger partial charge is 0.140 e. The summed E-state index contributed by atoms with van der Waals surface area (Å²) in [6.07, 6.45) is 4.79. The second-order valence-corrected chi connectivity index (χ2v) is 9.27. The minimum absolute atomic E-state index is 0.336. The average molecular weight is 421 g/mol. The van der Waals surface area contributed by atoms with Crippen LogP contribution < -0.4 is 0 Å². The van der Waals surface area contributed by atoms with Gasteiger partial charge in [0.05, 0.1) is 0 Å². The number of fused-ring (bicyclic) bond motifs is 2. The van der Waals surface area contributed by atoms with Crippen LogP contribution in [0.4, 0.5) is 0 Å². The lowest BCUT2D eigenvalue weighted by molar-refractivity contribution is 1.04. The molecule has 1 radical (unpaired) electrons. The lowest BCUT2D eigenvalue weighted by atomic mass is 9.49. The van der Waals surface area contributed by atoms with Crippen LogP contribution in [0.15, 0.2) is 108 Å². The molecule has 33 heavy (non-hydrogen) atoms. The Kier molecular flexibility index (Phi) is 4.91. The van der Waals surface area contributed by atoms with Gasteiger partial charge in [-0.15, -0.1) is 0 Å². The Labute approximate surface area is 197 Å². The Hall–Kier alpha value is -3.58. The van der Waals surface area contributed by atoms with Gasteiger partial charge < -0.3 is 0 Å². The van der Waals surface area contributed by atoms with Crippen LogP contribution >= 0.6 is 0 Å². The monoisotopic (exact) mass is 421 g/mol. The fourth-order valence-corrected chi connectivity index (χ4v) is 5.60. The van der Waals surface area contributed by atoms with E-state index in [1.54, 1.807) is 0 Å². The van der Waals surface area contributed by atoms with E-state index in [0.717, 1.165) is 0 Å². The molecule has 0 aromatic heterocycles. The first-order valence-electron chi connectivity index (χ1n) is 11.8. The topological polar surface area (TPSA) is 0 Å². The summed E-state index contributed by atoms with van der Waals surface area (Å²) in [7, 11) is 2.57. The van der Waals surface area contributed by atoms with E-state index in [4.69, 9.17) is 0 Å². The standard InChI is InChI=1S/C32H26B/c1-21-19-29-25(23-11-5-3-6-12-23)15-9-17-27(29)31(21)33-32-22(2)20-30-26(16-10-18-28(30)32)24-13-7-4-8-14-24/h3-20,31-32H,1-2H3. The van der Waals surface area contributed by atoms with Gasteiger partial charge in [-0.2, -0.15) is 0 Å². The molecule has 0 bridgehead atoms. The molecule has 6 rings (SSSR count). The van der Waals surface area contributed by atoms with E-state index in [1.165, 1.54) is 55.7 Å². The molecule has 0 nitrogen and oxygen atoms in total. The fourth-order valence-electron chi connectivity index (χ4n) is 5.60. The van der Waals surface area contributed by atoms with Crippen molar-refractivity contribution in [3.8, 4) is 22.3 Å². The van der Waals surface area contributed by atoms with Gasteiger partial charge in [0.15, 0.2) is 0 Å². The van der Waals surface area contributed by atoms with Gasteiger partial charge >= 0.3 is 0 Å². The molecular weight excluding hydrogens is 395 g/mol. The molecule has 0 N–H and O–H groups in total. The highest BCUT2D eigenvalue weighted by molar-refractivity contribution is 6.44. The zero-order chi connectivity index (χ0) is 22.4. The van der Waals surface area contributed by atoms with E-state index in [0.29, 0.717) is 11.6 Å². The van der Waals surface area contributed by atoms with Crippen LogP contribution in [0, 0.1) is 0 Å². The molecule has 0 heterocycles. The van der Waals surface area contributed by atoms with Gasteiger partial charge in [-0.3, -0.25) is 0 Å². The molecule has 0 aliphatic heterocycles. The molecule has 2 aliphatic rings. The van der Waals surface area contributed by atoms with Crippen LogP contribution in [0.1, 0.15) is 47.7 Å². The van der Waals surface area contributed by atoms with E-state index in [2.05, 4.69) is 130 Å². The van der Waals surface area contributed by atoms with Crippen LogP contribution in [-0.4, -0.2) is 7.28 Å². The normalized spacial score (nSPS) is 18.4. The van der Waals surface area contributed by atoms with Crippen molar-refractivity contribution in [2.75, 3.05) is 0 Å². The van der Waals surface area contributed by atoms with Crippen molar-refractivity contribution in [2.45, 2.75) is 25.5 Å². The van der Waals surface area contributed by atoms with Crippen molar-refractivity contribution in [1.29, 1.82) is 0 Å². The van der Waals surface area contributed by atoms with Crippen molar-refractivity contribution >= 4 is 19.4 Å².